The standard InChI is InChI=1S/C23H23Cl2NO2/c1-16(19-8-4-3-5-9-19)26-14-18-12-21(25)23(22(13-18)27-2)28-15-17-7-6-10-20(24)11-17/h3-13,16,26H,14-15H2,1-2H3/t16-/m0/s1. The first kappa shape index (κ1) is 20.5. The Kier molecular flexibility index (Phi) is 7.21. The van der Waals surface area contributed by atoms with Gasteiger partial charge in [-0.1, -0.05) is 65.7 Å². The smallest absolute Gasteiger partial charge is 0.180 e. The number of nitrogens with one attached hydrogen (secondary N) is 1. The van der Waals surface area contributed by atoms with E-state index >= 15 is 0 Å². The van der Waals surface area contributed by atoms with Gasteiger partial charge in [0.1, 0.15) is 6.61 Å². The van der Waals surface area contributed by atoms with Crippen molar-refractivity contribution < 1.29 is 9.47 Å². The van der Waals surface area contributed by atoms with Gasteiger partial charge in [0.15, 0.2) is 11.5 Å². The Labute approximate surface area is 176 Å². The third-order valence-corrected chi connectivity index (χ3v) is 4.99. The summed E-state index contributed by atoms with van der Waals surface area (Å²) in [5, 5.41) is 4.70. The number of hydrogen-bond donors (Lipinski definition) is 1. The first-order valence-corrected chi connectivity index (χ1v) is 9.84. The minimum Gasteiger partial charge on any atom is -0.493 e. The Hall–Kier alpha value is -2.20. The highest BCUT2D eigenvalue weighted by Crippen LogP contribution is 2.37. The Morgan fingerprint density at radius 3 is 2.43 bits per heavy atom. The van der Waals surface area contributed by atoms with Gasteiger partial charge in [-0.15, -0.1) is 0 Å². The second kappa shape index (κ2) is 9.83. The molecule has 0 aliphatic carbocycles. The lowest BCUT2D eigenvalue weighted by molar-refractivity contribution is 0.284. The first-order valence-electron chi connectivity index (χ1n) is 9.09. The van der Waals surface area contributed by atoms with E-state index in [1.54, 1.807) is 7.11 Å². The topological polar surface area (TPSA) is 30.5 Å². The van der Waals surface area contributed by atoms with E-state index in [4.69, 9.17) is 32.7 Å². The lowest BCUT2D eigenvalue weighted by Crippen LogP contribution is -2.18. The molecule has 28 heavy (non-hydrogen) atoms. The summed E-state index contributed by atoms with van der Waals surface area (Å²) in [7, 11) is 1.61. The van der Waals surface area contributed by atoms with Gasteiger partial charge in [-0.05, 0) is 47.9 Å². The van der Waals surface area contributed by atoms with Crippen LogP contribution in [0.15, 0.2) is 66.7 Å². The molecule has 3 nitrogen and oxygen atoms in total. The van der Waals surface area contributed by atoms with Crippen LogP contribution in [-0.4, -0.2) is 7.11 Å². The predicted molar refractivity (Wildman–Crippen MR) is 115 cm³/mol. The molecule has 0 aliphatic rings. The lowest BCUT2D eigenvalue weighted by Gasteiger charge is -2.17. The summed E-state index contributed by atoms with van der Waals surface area (Å²) in [5.74, 6) is 1.14. The highest BCUT2D eigenvalue weighted by molar-refractivity contribution is 6.32. The van der Waals surface area contributed by atoms with Gasteiger partial charge in [0.25, 0.3) is 0 Å². The van der Waals surface area contributed by atoms with E-state index in [0.717, 1.165) is 11.1 Å². The number of benzene rings is 3. The zero-order chi connectivity index (χ0) is 19.9. The predicted octanol–water partition coefficient (Wildman–Crippen LogP) is 6.43. The first-order chi connectivity index (χ1) is 13.6. The molecule has 0 bridgehead atoms. The number of ether oxygens (including phenoxy) is 2. The van der Waals surface area contributed by atoms with Crippen LogP contribution in [0.3, 0.4) is 0 Å². The fraction of sp³-hybridized carbons (Fsp3) is 0.217. The van der Waals surface area contributed by atoms with Gasteiger partial charge in [0, 0.05) is 17.6 Å². The molecule has 3 aromatic carbocycles. The van der Waals surface area contributed by atoms with Crippen molar-refractivity contribution in [3.05, 3.63) is 93.5 Å². The molecule has 0 amide bonds. The summed E-state index contributed by atoms with van der Waals surface area (Å²) < 4.78 is 11.4. The van der Waals surface area contributed by atoms with Crippen LogP contribution in [-0.2, 0) is 13.2 Å². The molecule has 0 saturated carbocycles. The molecule has 3 rings (SSSR count). The monoisotopic (exact) mass is 415 g/mol. The average Bonchev–Trinajstić information content (AvgIpc) is 2.71. The molecule has 0 spiro atoms. The second-order valence-electron chi connectivity index (χ2n) is 6.54. The second-order valence-corrected chi connectivity index (χ2v) is 7.38. The molecule has 0 heterocycles. The minimum atomic E-state index is 0.227. The van der Waals surface area contributed by atoms with Crippen molar-refractivity contribution in [1.29, 1.82) is 0 Å². The quantitative estimate of drug-likeness (QED) is 0.459. The SMILES string of the molecule is COc1cc(CN[C@@H](C)c2ccccc2)cc(Cl)c1OCc1cccc(Cl)c1. The van der Waals surface area contributed by atoms with E-state index in [1.807, 2.05) is 54.6 Å². The van der Waals surface area contributed by atoms with Gasteiger partial charge in [0.05, 0.1) is 12.1 Å². The van der Waals surface area contributed by atoms with Crippen LogP contribution < -0.4 is 14.8 Å². The van der Waals surface area contributed by atoms with Crippen LogP contribution in [0, 0.1) is 0 Å². The third-order valence-electron chi connectivity index (χ3n) is 4.47. The highest BCUT2D eigenvalue weighted by atomic mass is 35.5. The highest BCUT2D eigenvalue weighted by Gasteiger charge is 2.13. The van der Waals surface area contributed by atoms with Crippen LogP contribution in [0.2, 0.25) is 10.0 Å². The normalized spacial score (nSPS) is 11.9. The number of methoxy groups -OCH3 is 1. The molecule has 1 N–H and O–H groups in total. The van der Waals surface area contributed by atoms with Crippen molar-refractivity contribution in [2.24, 2.45) is 0 Å². The lowest BCUT2D eigenvalue weighted by atomic mass is 10.1. The van der Waals surface area contributed by atoms with E-state index < -0.39 is 0 Å². The Bertz CT molecular complexity index is 916. The summed E-state index contributed by atoms with van der Waals surface area (Å²) in [6.45, 7) is 3.16. The van der Waals surface area contributed by atoms with Crippen LogP contribution in [0.25, 0.3) is 0 Å². The van der Waals surface area contributed by atoms with E-state index in [2.05, 4.69) is 24.4 Å². The van der Waals surface area contributed by atoms with Crippen LogP contribution in [0.5, 0.6) is 11.5 Å². The zero-order valence-corrected chi connectivity index (χ0v) is 17.4. The molecular weight excluding hydrogens is 393 g/mol. The van der Waals surface area contributed by atoms with Gasteiger partial charge in [-0.3, -0.25) is 0 Å². The number of hydrogen-bond acceptors (Lipinski definition) is 3. The fourth-order valence-electron chi connectivity index (χ4n) is 2.93. The average molecular weight is 416 g/mol. The zero-order valence-electron chi connectivity index (χ0n) is 15.9. The molecule has 0 radical (unpaired) electrons. The Morgan fingerprint density at radius 1 is 0.929 bits per heavy atom. The molecule has 0 saturated heterocycles. The molecule has 146 valence electrons. The maximum absolute atomic E-state index is 6.48. The van der Waals surface area contributed by atoms with Gasteiger partial charge >= 0.3 is 0 Å². The van der Waals surface area contributed by atoms with Gasteiger partial charge in [-0.25, -0.2) is 0 Å². The summed E-state index contributed by atoms with van der Waals surface area (Å²) in [6, 6.07) is 21.9. The van der Waals surface area contributed by atoms with Crippen LogP contribution >= 0.6 is 23.2 Å². The van der Waals surface area contributed by atoms with Crippen LogP contribution in [0.1, 0.15) is 29.7 Å². The Balaban J connectivity index is 1.68. The summed E-state index contributed by atoms with van der Waals surface area (Å²) >= 11 is 12.5. The molecule has 5 heteroatoms. The van der Waals surface area contributed by atoms with Gasteiger partial charge in [0.2, 0.25) is 0 Å². The molecule has 1 atom stereocenters. The van der Waals surface area contributed by atoms with Gasteiger partial charge < -0.3 is 14.8 Å². The van der Waals surface area contributed by atoms with Crippen molar-refractivity contribution in [3.8, 4) is 11.5 Å². The third kappa shape index (κ3) is 5.41. The van der Waals surface area contributed by atoms with Crippen molar-refractivity contribution in [1.82, 2.24) is 5.32 Å². The molecular formula is C23H23Cl2NO2. The number of halogens is 2. The van der Waals surface area contributed by atoms with Crippen molar-refractivity contribution in [3.63, 3.8) is 0 Å². The summed E-state index contributed by atoms with van der Waals surface area (Å²) in [6.07, 6.45) is 0. The molecule has 3 aromatic rings. The molecule has 0 aromatic heterocycles. The van der Waals surface area contributed by atoms with E-state index in [1.165, 1.54) is 5.56 Å². The molecule has 0 aliphatic heterocycles. The van der Waals surface area contributed by atoms with Crippen molar-refractivity contribution >= 4 is 23.2 Å². The molecule has 0 unspecified atom stereocenters. The summed E-state index contributed by atoms with van der Waals surface area (Å²) in [4.78, 5) is 0. The minimum absolute atomic E-state index is 0.227. The number of rotatable bonds is 8. The van der Waals surface area contributed by atoms with E-state index in [9.17, 15) is 0 Å². The van der Waals surface area contributed by atoms with Gasteiger partial charge in [-0.2, -0.15) is 0 Å². The molecule has 0 fully saturated rings. The van der Waals surface area contributed by atoms with E-state index in [0.29, 0.717) is 34.7 Å². The van der Waals surface area contributed by atoms with Crippen molar-refractivity contribution in [2.45, 2.75) is 26.1 Å². The Morgan fingerprint density at radius 2 is 1.71 bits per heavy atom. The van der Waals surface area contributed by atoms with Crippen LogP contribution in [0.4, 0.5) is 0 Å². The maximum atomic E-state index is 6.48. The largest absolute Gasteiger partial charge is 0.493 e. The fourth-order valence-corrected chi connectivity index (χ4v) is 3.43. The maximum Gasteiger partial charge on any atom is 0.180 e. The summed E-state index contributed by atoms with van der Waals surface area (Å²) in [5.41, 5.74) is 3.23. The van der Waals surface area contributed by atoms with E-state index in [-0.39, 0.29) is 6.04 Å². The van der Waals surface area contributed by atoms with Crippen molar-refractivity contribution in [2.75, 3.05) is 7.11 Å².